The summed E-state index contributed by atoms with van der Waals surface area (Å²) >= 11 is 0. The summed E-state index contributed by atoms with van der Waals surface area (Å²) in [5.41, 5.74) is 5.01. The monoisotopic (exact) mass is 322 g/mol. The summed E-state index contributed by atoms with van der Waals surface area (Å²) in [7, 11) is 0. The maximum atomic E-state index is 12.2. The first-order valence-electron chi connectivity index (χ1n) is 7.50. The number of unbranched alkanes of at least 4 members (excludes halogenated alkanes) is 3. The van der Waals surface area contributed by atoms with Crippen molar-refractivity contribution in [2.75, 3.05) is 6.54 Å². The zero-order valence-corrected chi connectivity index (χ0v) is 13.1. The van der Waals surface area contributed by atoms with Crippen molar-refractivity contribution in [3.63, 3.8) is 0 Å². The minimum absolute atomic E-state index is 0.160. The Labute approximate surface area is 134 Å². The Morgan fingerprint density at radius 2 is 2.13 bits per heavy atom. The molecule has 1 unspecified atom stereocenters. The van der Waals surface area contributed by atoms with Crippen molar-refractivity contribution in [3.05, 3.63) is 30.5 Å². The predicted octanol–water partition coefficient (Wildman–Crippen LogP) is 1.15. The average Bonchev–Trinajstić information content (AvgIpc) is 3.04. The summed E-state index contributed by atoms with van der Waals surface area (Å²) in [4.78, 5) is 38.6. The molecule has 3 amide bonds. The van der Waals surface area contributed by atoms with Crippen molar-refractivity contribution in [1.29, 1.82) is 0 Å². The highest BCUT2D eigenvalue weighted by molar-refractivity contribution is 6.00. The van der Waals surface area contributed by atoms with Gasteiger partial charge in [-0.3, -0.25) is 9.59 Å². The first-order chi connectivity index (χ1) is 11.0. The van der Waals surface area contributed by atoms with Crippen LogP contribution < -0.4 is 16.4 Å². The van der Waals surface area contributed by atoms with Crippen molar-refractivity contribution in [2.24, 2.45) is 5.73 Å². The molecule has 0 aliphatic heterocycles. The first-order valence-corrected chi connectivity index (χ1v) is 7.50. The molecule has 0 bridgehead atoms. The Bertz CT molecular complexity index is 540. The van der Waals surface area contributed by atoms with Crippen LogP contribution in [-0.4, -0.2) is 35.3 Å². The highest BCUT2D eigenvalue weighted by Gasteiger charge is 2.23. The minimum atomic E-state index is -1.09. The Balaban J connectivity index is 2.57. The van der Waals surface area contributed by atoms with Crippen LogP contribution in [0.15, 0.2) is 29.0 Å². The normalized spacial score (nSPS) is 12.0. The van der Waals surface area contributed by atoms with Crippen LogP contribution >= 0.6 is 0 Å². The van der Waals surface area contributed by atoms with E-state index in [-0.39, 0.29) is 5.89 Å². The van der Waals surface area contributed by atoms with Crippen molar-refractivity contribution in [3.8, 4) is 0 Å². The SMILES string of the molecule is CCCCCCNC(=O)NC(/C=C/C(N)=O)C(=O)c1ncco1. The van der Waals surface area contributed by atoms with Gasteiger partial charge >= 0.3 is 6.03 Å². The summed E-state index contributed by atoms with van der Waals surface area (Å²) in [6.07, 6.45) is 8.87. The number of nitrogens with zero attached hydrogens (tertiary/aromatic N) is 1. The van der Waals surface area contributed by atoms with Gasteiger partial charge in [0.05, 0.1) is 6.20 Å². The van der Waals surface area contributed by atoms with Crippen molar-refractivity contribution >= 4 is 17.7 Å². The number of hydrogen-bond donors (Lipinski definition) is 3. The van der Waals surface area contributed by atoms with Gasteiger partial charge in [0.1, 0.15) is 12.3 Å². The maximum absolute atomic E-state index is 12.2. The molecule has 4 N–H and O–H groups in total. The zero-order chi connectivity index (χ0) is 17.1. The van der Waals surface area contributed by atoms with Gasteiger partial charge in [0.15, 0.2) is 0 Å². The van der Waals surface area contributed by atoms with E-state index in [4.69, 9.17) is 10.2 Å². The van der Waals surface area contributed by atoms with Crippen LogP contribution in [0, 0.1) is 0 Å². The number of urea groups is 1. The highest BCUT2D eigenvalue weighted by atomic mass is 16.3. The van der Waals surface area contributed by atoms with E-state index in [0.717, 1.165) is 31.8 Å². The van der Waals surface area contributed by atoms with Gasteiger partial charge in [-0.05, 0) is 12.5 Å². The molecule has 0 radical (unpaired) electrons. The second-order valence-corrected chi connectivity index (χ2v) is 4.90. The summed E-state index contributed by atoms with van der Waals surface area (Å²) in [5.74, 6) is -1.46. The lowest BCUT2D eigenvalue weighted by molar-refractivity contribution is -0.113. The molecule has 1 atom stereocenters. The zero-order valence-electron chi connectivity index (χ0n) is 13.1. The third-order valence-electron chi connectivity index (χ3n) is 2.98. The van der Waals surface area contributed by atoms with Crippen LogP contribution in [0.25, 0.3) is 0 Å². The molecule has 8 heteroatoms. The van der Waals surface area contributed by atoms with Gasteiger partial charge in [0, 0.05) is 12.6 Å². The van der Waals surface area contributed by atoms with E-state index in [2.05, 4.69) is 22.5 Å². The third-order valence-corrected chi connectivity index (χ3v) is 2.98. The fourth-order valence-electron chi connectivity index (χ4n) is 1.82. The molecule has 0 aliphatic rings. The van der Waals surface area contributed by atoms with Crippen LogP contribution in [0.2, 0.25) is 0 Å². The van der Waals surface area contributed by atoms with Gasteiger partial charge in [0.2, 0.25) is 11.7 Å². The third kappa shape index (κ3) is 7.25. The molecule has 0 aromatic carbocycles. The number of hydrogen-bond acceptors (Lipinski definition) is 5. The molecule has 0 aliphatic carbocycles. The van der Waals surface area contributed by atoms with Crippen molar-refractivity contribution < 1.29 is 18.8 Å². The van der Waals surface area contributed by atoms with E-state index in [1.807, 2.05) is 0 Å². The number of nitrogens with two attached hydrogens (primary N) is 1. The lowest BCUT2D eigenvalue weighted by atomic mass is 10.1. The summed E-state index contributed by atoms with van der Waals surface area (Å²) in [6.45, 7) is 2.61. The predicted molar refractivity (Wildman–Crippen MR) is 83.6 cm³/mol. The molecule has 1 aromatic heterocycles. The summed E-state index contributed by atoms with van der Waals surface area (Å²) < 4.78 is 4.91. The van der Waals surface area contributed by atoms with Gasteiger partial charge < -0.3 is 20.8 Å². The van der Waals surface area contributed by atoms with Crippen molar-refractivity contribution in [1.82, 2.24) is 15.6 Å². The van der Waals surface area contributed by atoms with Gasteiger partial charge in [-0.15, -0.1) is 0 Å². The van der Waals surface area contributed by atoms with E-state index in [1.54, 1.807) is 0 Å². The number of Topliss-reactive ketones (excluding diaryl/α,β-unsaturated/α-hetero) is 1. The van der Waals surface area contributed by atoms with Crippen molar-refractivity contribution in [2.45, 2.75) is 38.6 Å². The number of carbonyl (C=O) groups excluding carboxylic acids is 3. The average molecular weight is 322 g/mol. The largest absolute Gasteiger partial charge is 0.442 e. The van der Waals surface area contributed by atoms with Crippen LogP contribution in [0.3, 0.4) is 0 Å². The minimum Gasteiger partial charge on any atom is -0.442 e. The maximum Gasteiger partial charge on any atom is 0.315 e. The molecule has 0 spiro atoms. The topological polar surface area (TPSA) is 127 Å². The van der Waals surface area contributed by atoms with Crippen LogP contribution in [-0.2, 0) is 4.79 Å². The molecule has 0 fully saturated rings. The number of rotatable bonds is 10. The van der Waals surface area contributed by atoms with Gasteiger partial charge in [-0.1, -0.05) is 26.2 Å². The molecule has 23 heavy (non-hydrogen) atoms. The fourth-order valence-corrected chi connectivity index (χ4v) is 1.82. The number of primary amides is 1. The van der Waals surface area contributed by atoms with Gasteiger partial charge in [-0.2, -0.15) is 0 Å². The van der Waals surface area contributed by atoms with Gasteiger partial charge in [0.25, 0.3) is 5.89 Å². The lowest BCUT2D eigenvalue weighted by Crippen LogP contribution is -2.45. The van der Waals surface area contributed by atoms with E-state index in [9.17, 15) is 14.4 Å². The van der Waals surface area contributed by atoms with Gasteiger partial charge in [-0.25, -0.2) is 9.78 Å². The molecule has 1 rings (SSSR count). The molecular weight excluding hydrogens is 300 g/mol. The lowest BCUT2D eigenvalue weighted by Gasteiger charge is -2.13. The highest BCUT2D eigenvalue weighted by Crippen LogP contribution is 2.03. The molecular formula is C15H22N4O4. The Morgan fingerprint density at radius 1 is 1.35 bits per heavy atom. The Hall–Kier alpha value is -2.64. The van der Waals surface area contributed by atoms with Crippen LogP contribution in [0.1, 0.15) is 43.3 Å². The molecule has 0 saturated carbocycles. The number of nitrogens with one attached hydrogen (secondary N) is 2. The molecule has 8 nitrogen and oxygen atoms in total. The van der Waals surface area contributed by atoms with E-state index >= 15 is 0 Å². The smallest absolute Gasteiger partial charge is 0.315 e. The quantitative estimate of drug-likeness (QED) is 0.338. The van der Waals surface area contributed by atoms with Crippen LogP contribution in [0.4, 0.5) is 4.79 Å². The summed E-state index contributed by atoms with van der Waals surface area (Å²) in [6, 6.07) is -1.60. The van der Waals surface area contributed by atoms with E-state index in [1.165, 1.54) is 18.5 Å². The number of ketones is 1. The summed E-state index contributed by atoms with van der Waals surface area (Å²) in [5, 5.41) is 5.11. The van der Waals surface area contributed by atoms with E-state index < -0.39 is 23.8 Å². The van der Waals surface area contributed by atoms with Crippen LogP contribution in [0.5, 0.6) is 0 Å². The first kappa shape index (κ1) is 18.4. The second kappa shape index (κ2) is 10.1. The fraction of sp³-hybridized carbons (Fsp3) is 0.467. The molecule has 0 saturated heterocycles. The second-order valence-electron chi connectivity index (χ2n) is 4.90. The standard InChI is InChI=1S/C15H22N4O4/c1-2-3-4-5-8-18-15(22)19-11(6-7-12(16)20)13(21)14-17-9-10-23-14/h6-7,9-11H,2-5,8H2,1H3,(H2,16,20)(H2,18,19,22)/b7-6+. The Kier molecular flexibility index (Phi) is 8.12. The number of oxazole rings is 1. The number of aromatic nitrogens is 1. The van der Waals surface area contributed by atoms with E-state index in [0.29, 0.717) is 6.54 Å². The Morgan fingerprint density at radius 3 is 2.74 bits per heavy atom. The molecule has 1 heterocycles. The molecule has 1 aromatic rings. The molecule has 126 valence electrons. The number of amides is 3. The number of carbonyl (C=O) groups is 3.